The van der Waals surface area contributed by atoms with Gasteiger partial charge in [-0.1, -0.05) is 42.5 Å². The lowest BCUT2D eigenvalue weighted by Gasteiger charge is -2.13. The van der Waals surface area contributed by atoms with Crippen molar-refractivity contribution in [1.82, 2.24) is 0 Å². The second-order valence-electron chi connectivity index (χ2n) is 5.70. The lowest BCUT2D eigenvalue weighted by molar-refractivity contribution is -0.133. The van der Waals surface area contributed by atoms with Crippen molar-refractivity contribution in [2.75, 3.05) is 0 Å². The second kappa shape index (κ2) is 8.56. The summed E-state index contributed by atoms with van der Waals surface area (Å²) >= 11 is 0. The smallest absolute Gasteiger partial charge is 0.308 e. The molecule has 0 unspecified atom stereocenters. The van der Waals surface area contributed by atoms with Crippen LogP contribution in [-0.4, -0.2) is 11.9 Å². The summed E-state index contributed by atoms with van der Waals surface area (Å²) in [7, 11) is -0.625. The van der Waals surface area contributed by atoms with Crippen LogP contribution in [0.25, 0.3) is 0 Å². The van der Waals surface area contributed by atoms with Gasteiger partial charge in [0.05, 0.1) is 0 Å². The highest BCUT2D eigenvalue weighted by atomic mass is 32.2. The molecule has 0 aliphatic carbocycles. The molecule has 0 amide bonds. The summed E-state index contributed by atoms with van der Waals surface area (Å²) in [6.45, 7) is 2.76. The molecule has 0 saturated heterocycles. The first kappa shape index (κ1) is 18.7. The van der Waals surface area contributed by atoms with Crippen molar-refractivity contribution >= 4 is 22.8 Å². The zero-order valence-electron chi connectivity index (χ0n) is 15.0. The molecule has 3 aromatic carbocycles. The maximum atomic E-state index is 11.6. The fourth-order valence-corrected chi connectivity index (χ4v) is 4.87. The monoisotopic (exact) mass is 379 g/mol. The van der Waals surface area contributed by atoms with Crippen molar-refractivity contribution < 1.29 is 19.1 Å². The number of hydrogen-bond acceptors (Lipinski definition) is 4. The van der Waals surface area contributed by atoms with Crippen LogP contribution in [0.5, 0.6) is 11.5 Å². The molecule has 0 radical (unpaired) electrons. The number of carbonyl (C=O) groups is 2. The summed E-state index contributed by atoms with van der Waals surface area (Å²) < 4.78 is 10.9. The summed E-state index contributed by atoms with van der Waals surface area (Å²) in [5, 5.41) is 0. The number of ether oxygens (including phenoxy) is 2. The Hall–Kier alpha value is -3.05. The van der Waals surface area contributed by atoms with Crippen LogP contribution < -0.4 is 9.47 Å². The summed E-state index contributed by atoms with van der Waals surface area (Å²) in [6, 6.07) is 24.7. The minimum atomic E-state index is -0.625. The number of para-hydroxylation sites is 2. The molecule has 0 bridgehead atoms. The normalized spacial score (nSPS) is 10.5. The fraction of sp³-hybridized carbons (Fsp3) is 0.0909. The van der Waals surface area contributed by atoms with Crippen LogP contribution in [0, 0.1) is 0 Å². The van der Waals surface area contributed by atoms with Crippen LogP contribution in [0.3, 0.4) is 0 Å². The fourth-order valence-electron chi connectivity index (χ4n) is 2.64. The predicted molar refractivity (Wildman–Crippen MR) is 104 cm³/mol. The van der Waals surface area contributed by atoms with Crippen molar-refractivity contribution in [2.45, 2.75) is 28.5 Å². The molecule has 0 atom stereocenters. The second-order valence-corrected chi connectivity index (χ2v) is 7.66. The number of hydrogen-bond donors (Lipinski definition) is 0. The number of carbonyl (C=O) groups excluding carboxylic acids is 2. The van der Waals surface area contributed by atoms with Crippen molar-refractivity contribution in [3.8, 4) is 11.5 Å². The molecule has 0 fully saturated rings. The van der Waals surface area contributed by atoms with Gasteiger partial charge in [-0.3, -0.25) is 9.59 Å². The van der Waals surface area contributed by atoms with Gasteiger partial charge in [0, 0.05) is 13.8 Å². The molecular weight excluding hydrogens is 360 g/mol. The SMILES string of the molecule is CC(=O)Oc1ccccc1[S+](c1ccccc1)c1ccccc1OC(C)=O. The Morgan fingerprint density at radius 3 is 1.48 bits per heavy atom. The first-order valence-corrected chi connectivity index (χ1v) is 9.63. The maximum absolute atomic E-state index is 11.6. The topological polar surface area (TPSA) is 52.6 Å². The van der Waals surface area contributed by atoms with Crippen LogP contribution in [-0.2, 0) is 20.5 Å². The quantitative estimate of drug-likeness (QED) is 0.368. The Morgan fingerprint density at radius 1 is 0.630 bits per heavy atom. The largest absolute Gasteiger partial charge is 0.421 e. The molecule has 5 heteroatoms. The van der Waals surface area contributed by atoms with E-state index >= 15 is 0 Å². The average molecular weight is 379 g/mol. The first-order valence-electron chi connectivity index (χ1n) is 8.40. The van der Waals surface area contributed by atoms with Crippen LogP contribution in [0.2, 0.25) is 0 Å². The summed E-state index contributed by atoms with van der Waals surface area (Å²) in [4.78, 5) is 25.9. The van der Waals surface area contributed by atoms with Gasteiger partial charge in [0.1, 0.15) is 10.9 Å². The summed E-state index contributed by atoms with van der Waals surface area (Å²) in [5.74, 6) is 0.226. The Morgan fingerprint density at radius 2 is 1.04 bits per heavy atom. The highest BCUT2D eigenvalue weighted by Crippen LogP contribution is 2.40. The Labute approximate surface area is 161 Å². The average Bonchev–Trinajstić information content (AvgIpc) is 2.65. The molecule has 4 nitrogen and oxygen atoms in total. The molecule has 0 saturated carbocycles. The van der Waals surface area contributed by atoms with Gasteiger partial charge in [-0.05, 0) is 36.4 Å². The van der Waals surface area contributed by atoms with E-state index in [4.69, 9.17) is 9.47 Å². The van der Waals surface area contributed by atoms with Crippen LogP contribution in [0.4, 0.5) is 0 Å². The van der Waals surface area contributed by atoms with Gasteiger partial charge in [-0.2, -0.15) is 0 Å². The summed E-state index contributed by atoms with van der Waals surface area (Å²) in [6.07, 6.45) is 0. The van der Waals surface area contributed by atoms with Crippen molar-refractivity contribution in [2.24, 2.45) is 0 Å². The molecule has 0 aromatic heterocycles. The molecule has 0 aliphatic rings. The van der Waals surface area contributed by atoms with E-state index in [2.05, 4.69) is 0 Å². The first-order chi connectivity index (χ1) is 13.1. The Bertz CT molecular complexity index is 894. The third kappa shape index (κ3) is 4.57. The standard InChI is InChI=1S/C22H19O4S/c1-16(23)25-19-12-6-8-14-21(19)27(18-10-4-3-5-11-18)22-15-9-7-13-20(22)26-17(2)24/h3-15H,1-2H3/q+1. The lowest BCUT2D eigenvalue weighted by atomic mass is 10.3. The summed E-state index contributed by atoms with van der Waals surface area (Å²) in [5.41, 5.74) is 0. The molecule has 0 N–H and O–H groups in total. The van der Waals surface area contributed by atoms with E-state index in [-0.39, 0.29) is 11.9 Å². The minimum Gasteiger partial charge on any atom is -0.421 e. The van der Waals surface area contributed by atoms with Crippen molar-refractivity contribution in [1.29, 1.82) is 0 Å². The van der Waals surface area contributed by atoms with E-state index in [0.29, 0.717) is 11.5 Å². The lowest BCUT2D eigenvalue weighted by Crippen LogP contribution is -2.12. The van der Waals surface area contributed by atoms with Crippen LogP contribution in [0.1, 0.15) is 13.8 Å². The number of esters is 2. The molecule has 3 rings (SSSR count). The Balaban J connectivity index is 2.21. The van der Waals surface area contributed by atoms with E-state index in [1.165, 1.54) is 13.8 Å². The van der Waals surface area contributed by atoms with E-state index in [0.717, 1.165) is 14.7 Å². The third-order valence-electron chi connectivity index (χ3n) is 3.62. The maximum Gasteiger partial charge on any atom is 0.308 e. The highest BCUT2D eigenvalue weighted by Gasteiger charge is 2.35. The van der Waals surface area contributed by atoms with Gasteiger partial charge in [0.25, 0.3) is 0 Å². The molecule has 27 heavy (non-hydrogen) atoms. The van der Waals surface area contributed by atoms with Gasteiger partial charge in [0.2, 0.25) is 9.79 Å². The van der Waals surface area contributed by atoms with E-state index in [1.807, 2.05) is 66.7 Å². The van der Waals surface area contributed by atoms with Gasteiger partial charge in [-0.25, -0.2) is 0 Å². The number of rotatable bonds is 5. The predicted octanol–water partition coefficient (Wildman–Crippen LogP) is 4.63. The molecule has 0 heterocycles. The van der Waals surface area contributed by atoms with E-state index in [1.54, 1.807) is 12.1 Å². The molecule has 0 spiro atoms. The van der Waals surface area contributed by atoms with Crippen LogP contribution in [0.15, 0.2) is 93.5 Å². The Kier molecular flexibility index (Phi) is 5.94. The van der Waals surface area contributed by atoms with Crippen molar-refractivity contribution in [3.63, 3.8) is 0 Å². The van der Waals surface area contributed by atoms with E-state index in [9.17, 15) is 9.59 Å². The molecule has 3 aromatic rings. The minimum absolute atomic E-state index is 0.382. The van der Waals surface area contributed by atoms with Gasteiger partial charge >= 0.3 is 11.9 Å². The molecular formula is C22H19O4S+. The highest BCUT2D eigenvalue weighted by molar-refractivity contribution is 7.97. The van der Waals surface area contributed by atoms with Gasteiger partial charge < -0.3 is 9.47 Å². The van der Waals surface area contributed by atoms with Crippen molar-refractivity contribution in [3.05, 3.63) is 78.9 Å². The zero-order chi connectivity index (χ0) is 19.2. The van der Waals surface area contributed by atoms with Crippen LogP contribution >= 0.6 is 0 Å². The third-order valence-corrected chi connectivity index (χ3v) is 5.92. The van der Waals surface area contributed by atoms with Gasteiger partial charge in [-0.15, -0.1) is 0 Å². The zero-order valence-corrected chi connectivity index (χ0v) is 15.9. The molecule has 136 valence electrons. The van der Waals surface area contributed by atoms with Gasteiger partial charge in [0.15, 0.2) is 16.4 Å². The van der Waals surface area contributed by atoms with E-state index < -0.39 is 10.9 Å². The molecule has 0 aliphatic heterocycles. The number of benzene rings is 3.